The molecule has 1 aliphatic rings. The number of aromatic hydroxyl groups is 1. The molecule has 0 unspecified atom stereocenters. The summed E-state index contributed by atoms with van der Waals surface area (Å²) in [6, 6.07) is 28.9. The van der Waals surface area contributed by atoms with E-state index in [9.17, 15) is 5.11 Å². The summed E-state index contributed by atoms with van der Waals surface area (Å²) < 4.78 is 1.22. The van der Waals surface area contributed by atoms with Gasteiger partial charge in [-0.15, -0.1) is 0 Å². The van der Waals surface area contributed by atoms with Gasteiger partial charge in [-0.2, -0.15) is 0 Å². The Kier molecular flexibility index (Phi) is 5.18. The molecular weight excluding hydrogens is 432 g/mol. The summed E-state index contributed by atoms with van der Waals surface area (Å²) in [5.74, 6) is 0.350. The molecule has 0 bridgehead atoms. The van der Waals surface area contributed by atoms with E-state index >= 15 is 0 Å². The Morgan fingerprint density at radius 1 is 0.600 bits per heavy atom. The van der Waals surface area contributed by atoms with Crippen molar-refractivity contribution in [3.05, 3.63) is 101 Å². The van der Waals surface area contributed by atoms with E-state index in [0.29, 0.717) is 5.75 Å². The van der Waals surface area contributed by atoms with Gasteiger partial charge in [0.05, 0.1) is 0 Å². The number of fused-ring (bicyclic) bond motifs is 6. The molecule has 0 atom stereocenters. The predicted octanol–water partition coefficient (Wildman–Crippen LogP) is 8.18. The molecule has 6 rings (SSSR count). The molecule has 0 radical (unpaired) electrons. The van der Waals surface area contributed by atoms with Crippen LogP contribution in [0.4, 0.5) is 0 Å². The second kappa shape index (κ2) is 8.12. The first kappa shape index (κ1) is 19.1. The van der Waals surface area contributed by atoms with Crippen LogP contribution >= 0.6 is 15.9 Å². The quantitative estimate of drug-likeness (QED) is 0.234. The van der Waals surface area contributed by atoms with Gasteiger partial charge >= 0.3 is 0 Å². The molecule has 5 aromatic carbocycles. The minimum atomic E-state index is 0.350. The molecule has 5 aromatic rings. The van der Waals surface area contributed by atoms with Crippen LogP contribution in [0.2, 0.25) is 0 Å². The van der Waals surface area contributed by atoms with E-state index in [1.807, 2.05) is 36.4 Å². The highest BCUT2D eigenvalue weighted by Gasteiger charge is 2.14. The number of rotatable bonds is 0. The van der Waals surface area contributed by atoms with Gasteiger partial charge in [-0.1, -0.05) is 88.7 Å². The number of hydrogen-bond donors (Lipinski definition) is 1. The fourth-order valence-electron chi connectivity index (χ4n) is 4.60. The molecule has 0 saturated carbocycles. The SMILES string of the molecule is Brc1cc2c3c(ccc2c2ccccc12)CCCC3.Oc1cccc2ccccc12. The Labute approximate surface area is 185 Å². The van der Waals surface area contributed by atoms with Crippen LogP contribution in [-0.4, -0.2) is 5.11 Å². The number of hydrogen-bond acceptors (Lipinski definition) is 1. The molecule has 0 saturated heterocycles. The van der Waals surface area contributed by atoms with Crippen LogP contribution in [0.1, 0.15) is 24.0 Å². The maximum atomic E-state index is 9.37. The summed E-state index contributed by atoms with van der Waals surface area (Å²) in [4.78, 5) is 0. The Bertz CT molecular complexity index is 1360. The fourth-order valence-corrected chi connectivity index (χ4v) is 5.17. The molecule has 0 spiro atoms. The minimum absolute atomic E-state index is 0.350. The third-order valence-electron chi connectivity index (χ3n) is 6.09. The van der Waals surface area contributed by atoms with E-state index in [-0.39, 0.29) is 0 Å². The van der Waals surface area contributed by atoms with Crippen LogP contribution in [0, 0.1) is 0 Å². The lowest BCUT2D eigenvalue weighted by Gasteiger charge is -2.19. The molecular formula is C28H23BrO. The third-order valence-corrected chi connectivity index (χ3v) is 6.75. The van der Waals surface area contributed by atoms with E-state index in [4.69, 9.17) is 0 Å². The number of halogens is 1. The van der Waals surface area contributed by atoms with Gasteiger partial charge in [-0.25, -0.2) is 0 Å². The summed E-state index contributed by atoms with van der Waals surface area (Å²) in [6.45, 7) is 0. The predicted molar refractivity (Wildman–Crippen MR) is 131 cm³/mol. The van der Waals surface area contributed by atoms with Crippen molar-refractivity contribution in [1.82, 2.24) is 0 Å². The van der Waals surface area contributed by atoms with Crippen molar-refractivity contribution in [3.63, 3.8) is 0 Å². The molecule has 0 amide bonds. The van der Waals surface area contributed by atoms with Crippen molar-refractivity contribution in [2.75, 3.05) is 0 Å². The van der Waals surface area contributed by atoms with Crippen LogP contribution in [0.3, 0.4) is 0 Å². The van der Waals surface area contributed by atoms with Gasteiger partial charge in [0.2, 0.25) is 0 Å². The van der Waals surface area contributed by atoms with Gasteiger partial charge < -0.3 is 5.11 Å². The summed E-state index contributed by atoms with van der Waals surface area (Å²) in [5.41, 5.74) is 3.14. The van der Waals surface area contributed by atoms with E-state index in [2.05, 4.69) is 58.4 Å². The smallest absolute Gasteiger partial charge is 0.123 e. The third kappa shape index (κ3) is 3.46. The monoisotopic (exact) mass is 454 g/mol. The van der Waals surface area contributed by atoms with Crippen molar-refractivity contribution < 1.29 is 5.11 Å². The molecule has 1 aliphatic carbocycles. The summed E-state index contributed by atoms with van der Waals surface area (Å²) in [6.07, 6.45) is 5.15. The molecule has 0 heterocycles. The molecule has 0 aliphatic heterocycles. The van der Waals surface area contributed by atoms with Crippen molar-refractivity contribution >= 4 is 48.2 Å². The normalized spacial score (nSPS) is 13.1. The maximum Gasteiger partial charge on any atom is 0.123 e. The Morgan fingerprint density at radius 2 is 1.27 bits per heavy atom. The van der Waals surface area contributed by atoms with E-state index in [0.717, 1.165) is 10.8 Å². The van der Waals surface area contributed by atoms with Crippen LogP contribution in [0.25, 0.3) is 32.3 Å². The number of phenols is 1. The van der Waals surface area contributed by atoms with Gasteiger partial charge in [0.15, 0.2) is 0 Å². The van der Waals surface area contributed by atoms with Crippen molar-refractivity contribution in [1.29, 1.82) is 0 Å². The lowest BCUT2D eigenvalue weighted by atomic mass is 9.86. The number of aryl methyl sites for hydroxylation is 2. The highest BCUT2D eigenvalue weighted by Crippen LogP contribution is 2.36. The molecule has 1 N–H and O–H groups in total. The van der Waals surface area contributed by atoms with Crippen LogP contribution in [0.15, 0.2) is 89.4 Å². The number of benzene rings is 5. The zero-order valence-corrected chi connectivity index (χ0v) is 18.3. The lowest BCUT2D eigenvalue weighted by Crippen LogP contribution is -2.03. The van der Waals surface area contributed by atoms with E-state index < -0.39 is 0 Å². The highest BCUT2D eigenvalue weighted by atomic mass is 79.9. The van der Waals surface area contributed by atoms with Gasteiger partial charge in [-0.05, 0) is 75.9 Å². The molecule has 1 nitrogen and oxygen atoms in total. The summed E-state index contributed by atoms with van der Waals surface area (Å²) in [7, 11) is 0. The first-order valence-electron chi connectivity index (χ1n) is 10.5. The highest BCUT2D eigenvalue weighted by molar-refractivity contribution is 9.10. The molecule has 2 heteroatoms. The van der Waals surface area contributed by atoms with Gasteiger partial charge in [0.1, 0.15) is 5.75 Å². The standard InChI is InChI=1S/C18H15Br.C10H8O/c19-18-11-17-13-6-2-1-5-12(13)9-10-15(17)14-7-3-4-8-16(14)18;11-10-7-3-5-8-4-1-2-6-9(8)10/h3-4,7-11H,1-2,5-6H2;1-7,11H. The molecule has 148 valence electrons. The van der Waals surface area contributed by atoms with Crippen LogP contribution in [-0.2, 0) is 12.8 Å². The topological polar surface area (TPSA) is 20.2 Å². The van der Waals surface area contributed by atoms with Crippen molar-refractivity contribution in [2.45, 2.75) is 25.7 Å². The second-order valence-electron chi connectivity index (χ2n) is 7.91. The van der Waals surface area contributed by atoms with E-state index in [1.54, 1.807) is 17.2 Å². The van der Waals surface area contributed by atoms with Crippen molar-refractivity contribution in [3.8, 4) is 5.75 Å². The van der Waals surface area contributed by atoms with Crippen molar-refractivity contribution in [2.24, 2.45) is 0 Å². The maximum absolute atomic E-state index is 9.37. The first-order chi connectivity index (χ1) is 14.7. The Balaban J connectivity index is 0.000000149. The first-order valence-corrected chi connectivity index (χ1v) is 11.3. The largest absolute Gasteiger partial charge is 0.507 e. The summed E-state index contributed by atoms with van der Waals surface area (Å²) >= 11 is 3.75. The van der Waals surface area contributed by atoms with E-state index in [1.165, 1.54) is 51.7 Å². The van der Waals surface area contributed by atoms with Crippen LogP contribution < -0.4 is 0 Å². The molecule has 0 aromatic heterocycles. The zero-order chi connectivity index (χ0) is 20.5. The Morgan fingerprint density at radius 3 is 2.10 bits per heavy atom. The molecule has 0 fully saturated rings. The lowest BCUT2D eigenvalue weighted by molar-refractivity contribution is 0.481. The average molecular weight is 455 g/mol. The second-order valence-corrected chi connectivity index (χ2v) is 8.76. The minimum Gasteiger partial charge on any atom is -0.507 e. The Hall–Kier alpha value is -2.84. The number of phenolic OH excluding ortho intramolecular Hbond substituents is 1. The van der Waals surface area contributed by atoms with Crippen LogP contribution in [0.5, 0.6) is 5.75 Å². The van der Waals surface area contributed by atoms with Gasteiger partial charge in [0.25, 0.3) is 0 Å². The zero-order valence-electron chi connectivity index (χ0n) is 16.7. The average Bonchev–Trinajstić information content (AvgIpc) is 2.80. The summed E-state index contributed by atoms with van der Waals surface area (Å²) in [5, 5.41) is 16.9. The molecule has 30 heavy (non-hydrogen) atoms. The van der Waals surface area contributed by atoms with Gasteiger partial charge in [-0.3, -0.25) is 0 Å². The van der Waals surface area contributed by atoms with Gasteiger partial charge in [0, 0.05) is 9.86 Å². The fraction of sp³-hybridized carbons (Fsp3) is 0.143.